The zero-order valence-corrected chi connectivity index (χ0v) is 10.1. The third-order valence-corrected chi connectivity index (χ3v) is 3.41. The van der Waals surface area contributed by atoms with Crippen molar-refractivity contribution in [3.8, 4) is 0 Å². The van der Waals surface area contributed by atoms with Gasteiger partial charge in [-0.05, 0) is 12.1 Å². The summed E-state index contributed by atoms with van der Waals surface area (Å²) < 4.78 is 27.6. The van der Waals surface area contributed by atoms with E-state index in [1.165, 1.54) is 12.5 Å². The van der Waals surface area contributed by atoms with Crippen LogP contribution in [0.1, 0.15) is 5.69 Å². The van der Waals surface area contributed by atoms with Crippen molar-refractivity contribution in [3.63, 3.8) is 0 Å². The fourth-order valence-corrected chi connectivity index (χ4v) is 2.25. The molecule has 17 heavy (non-hydrogen) atoms. The number of hydrogen-bond acceptors (Lipinski definition) is 4. The van der Waals surface area contributed by atoms with Crippen LogP contribution in [-0.4, -0.2) is 23.0 Å². The summed E-state index contributed by atoms with van der Waals surface area (Å²) in [5.74, 6) is 0. The zero-order valence-electron chi connectivity index (χ0n) is 9.24. The molecule has 0 saturated heterocycles. The molecule has 0 aromatic carbocycles. The molecule has 0 aliphatic carbocycles. The van der Waals surface area contributed by atoms with Gasteiger partial charge in [-0.15, -0.1) is 0 Å². The first-order valence-corrected chi connectivity index (χ1v) is 6.44. The molecule has 2 aromatic rings. The summed E-state index contributed by atoms with van der Waals surface area (Å²) in [6.07, 6.45) is 4.50. The number of nitrogens with one attached hydrogen (secondary N) is 1. The number of aryl methyl sites for hydroxylation is 1. The number of imidazole rings is 1. The molecular weight excluding hydrogens is 240 g/mol. The molecule has 0 unspecified atom stereocenters. The standard InChI is InChI=1S/C10H12N4O2S/c1-14-7-10(12-8-14)17(15,16)13-6-9-4-2-3-5-11-9/h2-5,7-8,13H,6H2,1H3. The molecular formula is C10H12N4O2S. The van der Waals surface area contributed by atoms with Gasteiger partial charge in [0.05, 0.1) is 18.6 Å². The van der Waals surface area contributed by atoms with Gasteiger partial charge < -0.3 is 4.57 Å². The summed E-state index contributed by atoms with van der Waals surface area (Å²) >= 11 is 0. The van der Waals surface area contributed by atoms with E-state index in [9.17, 15) is 8.42 Å². The largest absolute Gasteiger partial charge is 0.339 e. The lowest BCUT2D eigenvalue weighted by molar-refractivity contribution is 0.577. The van der Waals surface area contributed by atoms with E-state index in [0.717, 1.165) is 0 Å². The lowest BCUT2D eigenvalue weighted by Gasteiger charge is -2.03. The summed E-state index contributed by atoms with van der Waals surface area (Å²) in [5.41, 5.74) is 0.659. The number of rotatable bonds is 4. The Bertz CT molecular complexity index is 592. The lowest BCUT2D eigenvalue weighted by atomic mass is 10.4. The highest BCUT2D eigenvalue weighted by Crippen LogP contribution is 2.04. The third-order valence-electron chi connectivity index (χ3n) is 2.13. The minimum Gasteiger partial charge on any atom is -0.339 e. The first-order chi connectivity index (χ1) is 8.08. The Balaban J connectivity index is 2.09. The first kappa shape index (κ1) is 11.7. The predicted molar refractivity (Wildman–Crippen MR) is 61.5 cm³/mol. The maximum Gasteiger partial charge on any atom is 0.259 e. The fourth-order valence-electron chi connectivity index (χ4n) is 1.27. The predicted octanol–water partition coefficient (Wildman–Crippen LogP) is 0.294. The van der Waals surface area contributed by atoms with E-state index < -0.39 is 10.0 Å². The molecule has 0 atom stereocenters. The third kappa shape index (κ3) is 2.89. The Morgan fingerprint density at radius 3 is 2.76 bits per heavy atom. The molecule has 6 nitrogen and oxygen atoms in total. The minimum absolute atomic E-state index is 0.0101. The van der Waals surface area contributed by atoms with Crippen molar-refractivity contribution in [2.45, 2.75) is 11.6 Å². The van der Waals surface area contributed by atoms with Crippen molar-refractivity contribution in [1.29, 1.82) is 0 Å². The number of nitrogens with zero attached hydrogens (tertiary/aromatic N) is 3. The van der Waals surface area contributed by atoms with Gasteiger partial charge in [-0.3, -0.25) is 4.98 Å². The van der Waals surface area contributed by atoms with Crippen LogP contribution >= 0.6 is 0 Å². The van der Waals surface area contributed by atoms with Crippen LogP contribution in [0.3, 0.4) is 0 Å². The van der Waals surface area contributed by atoms with Crippen LogP contribution in [0.5, 0.6) is 0 Å². The highest BCUT2D eigenvalue weighted by Gasteiger charge is 2.16. The smallest absolute Gasteiger partial charge is 0.259 e. The van der Waals surface area contributed by atoms with Crippen molar-refractivity contribution in [1.82, 2.24) is 19.3 Å². The SMILES string of the molecule is Cn1cnc(S(=O)(=O)NCc2ccccn2)c1. The van der Waals surface area contributed by atoms with Gasteiger partial charge in [0.25, 0.3) is 10.0 Å². The van der Waals surface area contributed by atoms with Gasteiger partial charge in [0.2, 0.25) is 0 Å². The molecule has 0 bridgehead atoms. The zero-order chi connectivity index (χ0) is 12.3. The molecule has 2 heterocycles. The first-order valence-electron chi connectivity index (χ1n) is 4.95. The van der Waals surface area contributed by atoms with E-state index >= 15 is 0 Å². The Morgan fingerprint density at radius 2 is 2.18 bits per heavy atom. The molecule has 0 aliphatic rings. The average molecular weight is 252 g/mol. The molecule has 0 spiro atoms. The molecule has 0 aliphatic heterocycles. The van der Waals surface area contributed by atoms with E-state index in [-0.39, 0.29) is 11.6 Å². The molecule has 2 aromatic heterocycles. The van der Waals surface area contributed by atoms with Crippen molar-refractivity contribution in [3.05, 3.63) is 42.6 Å². The minimum atomic E-state index is -3.56. The fraction of sp³-hybridized carbons (Fsp3) is 0.200. The Morgan fingerprint density at radius 1 is 1.35 bits per heavy atom. The van der Waals surface area contributed by atoms with Crippen LogP contribution in [0.15, 0.2) is 41.9 Å². The number of aromatic nitrogens is 3. The summed E-state index contributed by atoms with van der Waals surface area (Å²) in [7, 11) is -1.85. The van der Waals surface area contributed by atoms with Crippen molar-refractivity contribution in [2.75, 3.05) is 0 Å². The monoisotopic (exact) mass is 252 g/mol. The van der Waals surface area contributed by atoms with E-state index in [4.69, 9.17) is 0 Å². The molecule has 0 saturated carbocycles. The van der Waals surface area contributed by atoms with Crippen LogP contribution in [0.4, 0.5) is 0 Å². The lowest BCUT2D eigenvalue weighted by Crippen LogP contribution is -2.24. The average Bonchev–Trinajstić information content (AvgIpc) is 2.76. The highest BCUT2D eigenvalue weighted by atomic mass is 32.2. The molecule has 7 heteroatoms. The summed E-state index contributed by atoms with van der Waals surface area (Å²) in [5, 5.41) is 0.0101. The second kappa shape index (κ2) is 4.64. The van der Waals surface area contributed by atoms with Gasteiger partial charge in [0.15, 0.2) is 5.03 Å². The summed E-state index contributed by atoms with van der Waals surface area (Å²) in [6, 6.07) is 5.33. The maximum absolute atomic E-state index is 11.8. The van der Waals surface area contributed by atoms with E-state index in [1.807, 2.05) is 0 Å². The van der Waals surface area contributed by atoms with Crippen LogP contribution in [0, 0.1) is 0 Å². The quantitative estimate of drug-likeness (QED) is 0.848. The van der Waals surface area contributed by atoms with Crippen molar-refractivity contribution in [2.24, 2.45) is 7.05 Å². The summed E-state index contributed by atoms with van der Waals surface area (Å²) in [6.45, 7) is 0.153. The molecule has 1 N–H and O–H groups in total. The van der Waals surface area contributed by atoms with Crippen LogP contribution < -0.4 is 4.72 Å². The number of sulfonamides is 1. The molecule has 0 amide bonds. The van der Waals surface area contributed by atoms with Gasteiger partial charge >= 0.3 is 0 Å². The van der Waals surface area contributed by atoms with Gasteiger partial charge in [-0.25, -0.2) is 18.1 Å². The number of hydrogen-bond donors (Lipinski definition) is 1. The van der Waals surface area contributed by atoms with Gasteiger partial charge in [-0.1, -0.05) is 6.07 Å². The van der Waals surface area contributed by atoms with Crippen LogP contribution in [0.2, 0.25) is 0 Å². The van der Waals surface area contributed by atoms with Crippen LogP contribution in [0.25, 0.3) is 0 Å². The second-order valence-corrected chi connectivity index (χ2v) is 5.24. The van der Waals surface area contributed by atoms with Crippen molar-refractivity contribution < 1.29 is 8.42 Å². The number of pyridine rings is 1. The van der Waals surface area contributed by atoms with Crippen LogP contribution in [-0.2, 0) is 23.6 Å². The Hall–Kier alpha value is -1.73. The normalized spacial score (nSPS) is 11.6. The van der Waals surface area contributed by atoms with Crippen molar-refractivity contribution >= 4 is 10.0 Å². The Labute approximate surface area is 99.4 Å². The van der Waals surface area contributed by atoms with E-state index in [2.05, 4.69) is 14.7 Å². The highest BCUT2D eigenvalue weighted by molar-refractivity contribution is 7.89. The van der Waals surface area contributed by atoms with E-state index in [0.29, 0.717) is 5.69 Å². The molecule has 0 radical (unpaired) electrons. The van der Waals surface area contributed by atoms with Gasteiger partial charge in [0.1, 0.15) is 0 Å². The van der Waals surface area contributed by atoms with Gasteiger partial charge in [-0.2, -0.15) is 0 Å². The van der Waals surface area contributed by atoms with E-state index in [1.54, 1.807) is 36.0 Å². The maximum atomic E-state index is 11.8. The second-order valence-electron chi connectivity index (χ2n) is 3.52. The summed E-state index contributed by atoms with van der Waals surface area (Å²) in [4.78, 5) is 7.82. The Kier molecular flexibility index (Phi) is 3.21. The molecule has 0 fully saturated rings. The molecule has 2 rings (SSSR count). The molecule has 90 valence electrons. The topological polar surface area (TPSA) is 76.9 Å². The van der Waals surface area contributed by atoms with Gasteiger partial charge in [0, 0.05) is 19.4 Å².